The molecule has 0 saturated carbocycles. The molecule has 0 amide bonds. The van der Waals surface area contributed by atoms with E-state index in [-0.39, 0.29) is 17.6 Å². The highest BCUT2D eigenvalue weighted by Crippen LogP contribution is 2.19. The Balaban J connectivity index is 3.91. The zero-order valence-corrected chi connectivity index (χ0v) is 12.8. The summed E-state index contributed by atoms with van der Waals surface area (Å²) < 4.78 is 0. The first-order chi connectivity index (χ1) is 8.62. The molecule has 0 aromatic carbocycles. The molecule has 0 unspecified atom stereocenters. The Bertz CT molecular complexity index is 208. The molecule has 0 atom stereocenters. The van der Waals surface area contributed by atoms with Crippen LogP contribution in [0.3, 0.4) is 0 Å². The number of hydrogen-bond donors (Lipinski definition) is 0. The van der Waals surface area contributed by atoms with Crippen molar-refractivity contribution in [2.75, 3.05) is 13.1 Å². The molecule has 0 aliphatic carbocycles. The Hall–Kier alpha value is -0.160. The Morgan fingerprint density at radius 3 is 1.42 bits per heavy atom. The van der Waals surface area contributed by atoms with Gasteiger partial charge in [-0.2, -0.15) is 0 Å². The Kier molecular flexibility index (Phi) is 8.83. The van der Waals surface area contributed by atoms with Gasteiger partial charge >= 0.3 is 0 Å². The first kappa shape index (κ1) is 18.8. The predicted octanol–water partition coefficient (Wildman–Crippen LogP) is 2.70. The summed E-state index contributed by atoms with van der Waals surface area (Å²) in [5.74, 6) is 0. The van der Waals surface area contributed by atoms with E-state index in [2.05, 4.69) is 24.5 Å². The summed E-state index contributed by atoms with van der Waals surface area (Å²) in [6.07, 6.45) is 3.05. The Morgan fingerprint density at radius 2 is 1.16 bits per heavy atom. The fraction of sp³-hybridized carbons (Fsp3) is 0.600. The van der Waals surface area contributed by atoms with Gasteiger partial charge in [-0.15, -0.1) is 0 Å². The van der Waals surface area contributed by atoms with Crippen LogP contribution < -0.4 is 10.6 Å². The standard InChI is InChI=1S/C15H24N2O2/c1-11(7-13(3)18)16-9-15(5,6)10-17-12(2)8-14(4)19/h7-8H,9-10H2,1-6H3. The third-order valence-corrected chi connectivity index (χ3v) is 2.34. The highest BCUT2D eigenvalue weighted by atomic mass is 16.3. The van der Waals surface area contributed by atoms with E-state index in [1.807, 2.05) is 13.8 Å². The summed E-state index contributed by atoms with van der Waals surface area (Å²) in [5.41, 5.74) is -0.0994. The molecular formula is C15H24N2O2. The van der Waals surface area contributed by atoms with Gasteiger partial charge in [-0.25, -0.2) is 20.8 Å². The minimum absolute atomic E-state index is 0.00368. The molecule has 0 fully saturated rings. The summed E-state index contributed by atoms with van der Waals surface area (Å²) in [4.78, 5) is 0. The van der Waals surface area contributed by atoms with Crippen LogP contribution in [0.1, 0.15) is 41.5 Å². The van der Waals surface area contributed by atoms with Crippen LogP contribution in [0.15, 0.2) is 0 Å². The number of nitrogens with zero attached hydrogens (tertiary/aromatic N) is 2. The van der Waals surface area contributed by atoms with Crippen molar-refractivity contribution in [3.8, 4) is 0 Å². The predicted molar refractivity (Wildman–Crippen MR) is 73.4 cm³/mol. The van der Waals surface area contributed by atoms with Crippen molar-refractivity contribution in [1.29, 1.82) is 0 Å². The molecule has 106 valence electrons. The quantitative estimate of drug-likeness (QED) is 0.582. The van der Waals surface area contributed by atoms with E-state index in [0.29, 0.717) is 13.1 Å². The van der Waals surface area contributed by atoms with Crippen molar-refractivity contribution >= 4 is 0 Å². The Labute approximate surface area is 119 Å². The van der Waals surface area contributed by atoms with Gasteiger partial charge in [-0.1, -0.05) is 13.8 Å². The number of hydrogen-bond acceptors (Lipinski definition) is 0. The normalized spacial score (nSPS) is 13.3. The van der Waals surface area contributed by atoms with Gasteiger partial charge in [0.1, 0.15) is 12.2 Å². The lowest BCUT2D eigenvalue weighted by Crippen LogP contribution is -2.34. The molecule has 0 bridgehead atoms. The molecule has 10 radical (unpaired) electrons. The third kappa shape index (κ3) is 11.4. The van der Waals surface area contributed by atoms with Gasteiger partial charge < -0.3 is 0 Å². The van der Waals surface area contributed by atoms with E-state index in [1.165, 1.54) is 26.7 Å². The molecule has 0 saturated heterocycles. The maximum absolute atomic E-state index is 10.9. The summed E-state index contributed by atoms with van der Waals surface area (Å²) >= 11 is 0. The largest absolute Gasteiger partial charge is 0.232 e. The van der Waals surface area contributed by atoms with E-state index >= 15 is 0 Å². The lowest BCUT2D eigenvalue weighted by atomic mass is 9.92. The van der Waals surface area contributed by atoms with Gasteiger partial charge in [0.05, 0.1) is 12.1 Å². The smallest absolute Gasteiger partial charge is 0.138 e. The number of rotatable bonds is 10. The average Bonchev–Trinajstić information content (AvgIpc) is 2.22. The van der Waals surface area contributed by atoms with E-state index in [1.54, 1.807) is 0 Å². The molecular weight excluding hydrogens is 240 g/mol. The van der Waals surface area contributed by atoms with Crippen molar-refractivity contribution in [2.24, 2.45) is 5.41 Å². The maximum Gasteiger partial charge on any atom is 0.138 e. The van der Waals surface area contributed by atoms with Gasteiger partial charge in [-0.3, -0.25) is 0 Å². The molecule has 0 heterocycles. The molecule has 0 rings (SSSR count). The second-order valence-corrected chi connectivity index (χ2v) is 5.59. The van der Waals surface area contributed by atoms with Crippen molar-refractivity contribution in [1.82, 2.24) is 10.6 Å². The van der Waals surface area contributed by atoms with E-state index in [4.69, 9.17) is 0 Å². The van der Waals surface area contributed by atoms with Crippen LogP contribution in [0.5, 0.6) is 0 Å². The SMILES string of the molecule is C[C]([O])[CH][C](C)[N]CC(C)(C)C[N][C](C)[CH][C](C)[O]. The minimum atomic E-state index is -0.0994. The zero-order chi connectivity index (χ0) is 15.1. The molecule has 0 aliphatic rings. The van der Waals surface area contributed by atoms with Gasteiger partial charge in [-0.05, 0) is 33.1 Å². The molecule has 4 heteroatoms. The fourth-order valence-electron chi connectivity index (χ4n) is 1.41. The van der Waals surface area contributed by atoms with E-state index < -0.39 is 0 Å². The van der Waals surface area contributed by atoms with E-state index in [0.717, 1.165) is 12.1 Å². The molecule has 0 aliphatic heterocycles. The lowest BCUT2D eigenvalue weighted by Gasteiger charge is -2.26. The fourth-order valence-corrected chi connectivity index (χ4v) is 1.41. The van der Waals surface area contributed by atoms with Crippen molar-refractivity contribution < 1.29 is 10.2 Å². The van der Waals surface area contributed by atoms with E-state index in [9.17, 15) is 10.2 Å². The topological polar surface area (TPSA) is 68.0 Å². The molecule has 0 aromatic rings. The lowest BCUT2D eigenvalue weighted by molar-refractivity contribution is 0.224. The van der Waals surface area contributed by atoms with Crippen LogP contribution in [0.25, 0.3) is 0 Å². The summed E-state index contributed by atoms with van der Waals surface area (Å²) in [6, 6.07) is 1.47. The second kappa shape index (κ2) is 8.90. The van der Waals surface area contributed by atoms with Crippen LogP contribution >= 0.6 is 0 Å². The van der Waals surface area contributed by atoms with Gasteiger partial charge in [0, 0.05) is 25.9 Å². The third-order valence-electron chi connectivity index (χ3n) is 2.34. The first-order valence-electron chi connectivity index (χ1n) is 6.35. The molecule has 0 N–H and O–H groups in total. The summed E-state index contributed by atoms with van der Waals surface area (Å²) in [5, 5.41) is 30.5. The van der Waals surface area contributed by atoms with Crippen molar-refractivity contribution in [3.05, 3.63) is 37.1 Å². The van der Waals surface area contributed by atoms with Gasteiger partial charge in [0.2, 0.25) is 0 Å². The second-order valence-electron chi connectivity index (χ2n) is 5.59. The molecule has 19 heavy (non-hydrogen) atoms. The van der Waals surface area contributed by atoms with Crippen LogP contribution in [-0.2, 0) is 10.2 Å². The van der Waals surface area contributed by atoms with Crippen LogP contribution in [0, 0.1) is 42.5 Å². The monoisotopic (exact) mass is 264 g/mol. The van der Waals surface area contributed by atoms with Gasteiger partial charge in [0.25, 0.3) is 0 Å². The van der Waals surface area contributed by atoms with Crippen molar-refractivity contribution in [2.45, 2.75) is 41.5 Å². The first-order valence-corrected chi connectivity index (χ1v) is 6.35. The summed E-state index contributed by atoms with van der Waals surface area (Å²) in [7, 11) is 0. The highest BCUT2D eigenvalue weighted by Gasteiger charge is 2.22. The van der Waals surface area contributed by atoms with Crippen LogP contribution in [-0.4, -0.2) is 13.1 Å². The summed E-state index contributed by atoms with van der Waals surface area (Å²) in [6.45, 7) is 12.0. The van der Waals surface area contributed by atoms with Gasteiger partial charge in [0.15, 0.2) is 0 Å². The molecule has 4 nitrogen and oxygen atoms in total. The maximum atomic E-state index is 10.9. The highest BCUT2D eigenvalue weighted by molar-refractivity contribution is 5.09. The molecule has 0 spiro atoms. The Morgan fingerprint density at radius 1 is 0.842 bits per heavy atom. The van der Waals surface area contributed by atoms with Crippen molar-refractivity contribution in [3.63, 3.8) is 0 Å². The average molecular weight is 264 g/mol. The molecule has 0 aromatic heterocycles. The van der Waals surface area contributed by atoms with Crippen LogP contribution in [0.2, 0.25) is 0 Å². The zero-order valence-electron chi connectivity index (χ0n) is 12.8. The van der Waals surface area contributed by atoms with Crippen LogP contribution in [0.4, 0.5) is 0 Å². The minimum Gasteiger partial charge on any atom is -0.232 e.